The first kappa shape index (κ1) is 12.9. The Hall–Kier alpha value is -1.14. The van der Waals surface area contributed by atoms with Gasteiger partial charge in [-0.05, 0) is 31.6 Å². The lowest BCUT2D eigenvalue weighted by Crippen LogP contribution is -2.36. The van der Waals surface area contributed by atoms with E-state index in [0.29, 0.717) is 12.3 Å². The number of aryl methyl sites for hydroxylation is 1. The lowest BCUT2D eigenvalue weighted by Gasteiger charge is -2.31. The van der Waals surface area contributed by atoms with Crippen molar-refractivity contribution < 1.29 is 15.0 Å². The second kappa shape index (κ2) is 5.09. The average Bonchev–Trinajstić information content (AvgIpc) is 2.98. The Morgan fingerprint density at radius 3 is 3.05 bits per heavy atom. The monoisotopic (exact) mass is 282 g/mol. The van der Waals surface area contributed by atoms with Gasteiger partial charge >= 0.3 is 5.97 Å². The van der Waals surface area contributed by atoms with Gasteiger partial charge in [0.2, 0.25) is 0 Å². The van der Waals surface area contributed by atoms with Crippen LogP contribution < -0.4 is 4.90 Å². The molecule has 1 aliphatic carbocycles. The highest BCUT2D eigenvalue weighted by molar-refractivity contribution is 7.15. The van der Waals surface area contributed by atoms with Crippen molar-refractivity contribution in [3.8, 4) is 0 Å². The number of aromatic nitrogens is 1. The van der Waals surface area contributed by atoms with Crippen molar-refractivity contribution >= 4 is 22.4 Å². The normalized spacial score (nSPS) is 26.5. The van der Waals surface area contributed by atoms with Gasteiger partial charge in [0.15, 0.2) is 5.13 Å². The second-order valence-electron chi connectivity index (χ2n) is 5.37. The maximum Gasteiger partial charge on any atom is 0.312 e. The summed E-state index contributed by atoms with van der Waals surface area (Å²) >= 11 is 1.63. The number of nitrogens with zero attached hydrogens (tertiary/aromatic N) is 2. The molecule has 2 heterocycles. The largest absolute Gasteiger partial charge is 0.481 e. The SMILES string of the molecule is O=C(O)C1CCc2sc(N3CCCC(CO)C3)nc21. The summed E-state index contributed by atoms with van der Waals surface area (Å²) in [6.45, 7) is 2.01. The number of carboxylic acid groups (broad SMARTS) is 1. The van der Waals surface area contributed by atoms with Crippen molar-refractivity contribution in [1.29, 1.82) is 0 Å². The number of rotatable bonds is 3. The van der Waals surface area contributed by atoms with Gasteiger partial charge in [-0.15, -0.1) is 11.3 Å². The lowest BCUT2D eigenvalue weighted by molar-refractivity contribution is -0.138. The van der Waals surface area contributed by atoms with Gasteiger partial charge in [0.05, 0.1) is 5.69 Å². The van der Waals surface area contributed by atoms with Crippen molar-refractivity contribution in [2.24, 2.45) is 5.92 Å². The maximum absolute atomic E-state index is 11.2. The number of aliphatic hydroxyl groups excluding tert-OH is 1. The van der Waals surface area contributed by atoms with Gasteiger partial charge in [-0.2, -0.15) is 0 Å². The fourth-order valence-electron chi connectivity index (χ4n) is 2.98. The number of aliphatic carboxylic acids is 1. The highest BCUT2D eigenvalue weighted by Crippen LogP contribution is 2.40. The van der Waals surface area contributed by atoms with Crippen LogP contribution in [-0.2, 0) is 11.2 Å². The topological polar surface area (TPSA) is 73.7 Å². The Bertz CT molecular complexity index is 488. The second-order valence-corrected chi connectivity index (χ2v) is 6.43. The van der Waals surface area contributed by atoms with E-state index in [1.54, 1.807) is 11.3 Å². The molecule has 1 fully saturated rings. The van der Waals surface area contributed by atoms with Crippen LogP contribution in [0.2, 0.25) is 0 Å². The Morgan fingerprint density at radius 1 is 1.47 bits per heavy atom. The van der Waals surface area contributed by atoms with Gasteiger partial charge in [0.1, 0.15) is 5.92 Å². The molecule has 2 atom stereocenters. The third kappa shape index (κ3) is 2.34. The van der Waals surface area contributed by atoms with E-state index >= 15 is 0 Å². The zero-order valence-electron chi connectivity index (χ0n) is 10.7. The summed E-state index contributed by atoms with van der Waals surface area (Å²) < 4.78 is 0. The number of hydrogen-bond acceptors (Lipinski definition) is 5. The van der Waals surface area contributed by atoms with E-state index in [4.69, 9.17) is 0 Å². The van der Waals surface area contributed by atoms with Crippen LogP contribution in [0.1, 0.15) is 35.8 Å². The van der Waals surface area contributed by atoms with Crippen LogP contribution in [0.5, 0.6) is 0 Å². The highest BCUT2D eigenvalue weighted by Gasteiger charge is 2.33. The first-order valence-corrected chi connectivity index (χ1v) is 7.59. The number of carbonyl (C=O) groups is 1. The van der Waals surface area contributed by atoms with E-state index in [0.717, 1.165) is 48.1 Å². The molecule has 2 aliphatic rings. The summed E-state index contributed by atoms with van der Waals surface area (Å²) in [6.07, 6.45) is 3.65. The molecule has 104 valence electrons. The Morgan fingerprint density at radius 2 is 2.32 bits per heavy atom. The molecule has 2 N–H and O–H groups in total. The minimum absolute atomic E-state index is 0.222. The van der Waals surface area contributed by atoms with E-state index < -0.39 is 11.9 Å². The molecule has 6 heteroatoms. The Kier molecular flexibility index (Phi) is 3.45. The van der Waals surface area contributed by atoms with Crippen LogP contribution in [0.3, 0.4) is 0 Å². The molecule has 1 saturated heterocycles. The van der Waals surface area contributed by atoms with Crippen LogP contribution in [0.15, 0.2) is 0 Å². The molecule has 5 nitrogen and oxygen atoms in total. The number of piperidine rings is 1. The maximum atomic E-state index is 11.2. The summed E-state index contributed by atoms with van der Waals surface area (Å²) in [6, 6.07) is 0. The lowest BCUT2D eigenvalue weighted by atomic mass is 10.00. The van der Waals surface area contributed by atoms with E-state index in [1.165, 1.54) is 0 Å². The molecule has 3 rings (SSSR count). The highest BCUT2D eigenvalue weighted by atomic mass is 32.1. The van der Waals surface area contributed by atoms with Crippen LogP contribution >= 0.6 is 11.3 Å². The standard InChI is InChI=1S/C13H18N2O3S/c16-7-8-2-1-5-15(6-8)13-14-11-9(12(17)18)3-4-10(11)19-13/h8-9,16H,1-7H2,(H,17,18). The van der Waals surface area contributed by atoms with Crippen molar-refractivity contribution in [3.05, 3.63) is 10.6 Å². The van der Waals surface area contributed by atoms with Gasteiger partial charge in [-0.1, -0.05) is 0 Å². The van der Waals surface area contributed by atoms with Crippen molar-refractivity contribution in [2.45, 2.75) is 31.6 Å². The predicted molar refractivity (Wildman–Crippen MR) is 72.8 cm³/mol. The summed E-state index contributed by atoms with van der Waals surface area (Å²) in [5.41, 5.74) is 0.777. The molecule has 19 heavy (non-hydrogen) atoms. The number of aliphatic hydroxyl groups is 1. The predicted octanol–water partition coefficient (Wildman–Crippen LogP) is 1.47. The molecular weight excluding hydrogens is 264 g/mol. The first-order valence-electron chi connectivity index (χ1n) is 6.77. The van der Waals surface area contributed by atoms with Gasteiger partial charge < -0.3 is 15.1 Å². The van der Waals surface area contributed by atoms with E-state index in [9.17, 15) is 15.0 Å². The number of hydrogen-bond donors (Lipinski definition) is 2. The fourth-order valence-corrected chi connectivity index (χ4v) is 4.15. The van der Waals surface area contributed by atoms with E-state index in [-0.39, 0.29) is 6.61 Å². The number of fused-ring (bicyclic) bond motifs is 1. The first-order chi connectivity index (χ1) is 9.19. The smallest absolute Gasteiger partial charge is 0.312 e. The molecule has 0 radical (unpaired) electrons. The van der Waals surface area contributed by atoms with Crippen molar-refractivity contribution in [1.82, 2.24) is 4.98 Å². The third-order valence-corrected chi connectivity index (χ3v) is 5.24. The van der Waals surface area contributed by atoms with Crippen LogP contribution in [0, 0.1) is 5.92 Å². The fraction of sp³-hybridized carbons (Fsp3) is 0.692. The summed E-state index contributed by atoms with van der Waals surface area (Å²) in [7, 11) is 0. The quantitative estimate of drug-likeness (QED) is 0.878. The van der Waals surface area contributed by atoms with Gasteiger partial charge in [0.25, 0.3) is 0 Å². The Balaban J connectivity index is 1.80. The molecule has 1 aliphatic heterocycles. The average molecular weight is 282 g/mol. The van der Waals surface area contributed by atoms with E-state index in [1.807, 2.05) is 0 Å². The van der Waals surface area contributed by atoms with Crippen LogP contribution in [0.25, 0.3) is 0 Å². The molecule has 0 aromatic carbocycles. The molecule has 0 amide bonds. The summed E-state index contributed by atoms with van der Waals surface area (Å²) in [5.74, 6) is -0.858. The molecular formula is C13H18N2O3S. The molecule has 0 saturated carbocycles. The van der Waals surface area contributed by atoms with Gasteiger partial charge in [0, 0.05) is 24.6 Å². The van der Waals surface area contributed by atoms with Gasteiger partial charge in [-0.3, -0.25) is 4.79 Å². The van der Waals surface area contributed by atoms with Crippen LogP contribution in [0.4, 0.5) is 5.13 Å². The van der Waals surface area contributed by atoms with Crippen LogP contribution in [-0.4, -0.2) is 40.9 Å². The number of thiazole rings is 1. The van der Waals surface area contributed by atoms with Gasteiger partial charge in [-0.25, -0.2) is 4.98 Å². The molecule has 0 bridgehead atoms. The third-order valence-electron chi connectivity index (χ3n) is 4.05. The molecule has 1 aromatic rings. The molecule has 2 unspecified atom stereocenters. The summed E-state index contributed by atoms with van der Waals surface area (Å²) in [5, 5.41) is 19.4. The minimum atomic E-state index is -0.762. The van der Waals surface area contributed by atoms with Crippen molar-refractivity contribution in [3.63, 3.8) is 0 Å². The number of anilines is 1. The zero-order valence-corrected chi connectivity index (χ0v) is 11.5. The molecule has 0 spiro atoms. The number of carboxylic acids is 1. The Labute approximate surface area is 115 Å². The summed E-state index contributed by atoms with van der Waals surface area (Å²) in [4.78, 5) is 19.1. The van der Waals surface area contributed by atoms with Crippen molar-refractivity contribution in [2.75, 3.05) is 24.6 Å². The van der Waals surface area contributed by atoms with E-state index in [2.05, 4.69) is 9.88 Å². The molecule has 1 aromatic heterocycles. The zero-order chi connectivity index (χ0) is 13.4. The minimum Gasteiger partial charge on any atom is -0.481 e.